The lowest BCUT2D eigenvalue weighted by atomic mass is 9.79. The van der Waals surface area contributed by atoms with Crippen LogP contribution in [0.3, 0.4) is 0 Å². The molecule has 4 aliphatic heterocycles. The van der Waals surface area contributed by atoms with E-state index in [9.17, 15) is 13.2 Å². The van der Waals surface area contributed by atoms with Crippen molar-refractivity contribution in [3.8, 4) is 0 Å². The zero-order valence-corrected chi connectivity index (χ0v) is 21.5. The van der Waals surface area contributed by atoms with Crippen molar-refractivity contribution in [1.82, 2.24) is 14.1 Å². The lowest BCUT2D eigenvalue weighted by molar-refractivity contribution is -0.0383. The van der Waals surface area contributed by atoms with Gasteiger partial charge < -0.3 is 14.5 Å². The van der Waals surface area contributed by atoms with Crippen LogP contribution >= 0.6 is 11.6 Å². The third-order valence-corrected chi connectivity index (χ3v) is 10.5. The van der Waals surface area contributed by atoms with Gasteiger partial charge in [-0.25, -0.2) is 13.2 Å². The van der Waals surface area contributed by atoms with Crippen molar-refractivity contribution in [2.75, 3.05) is 26.2 Å². The molecule has 5 rings (SSSR count). The van der Waals surface area contributed by atoms with E-state index in [1.54, 1.807) is 28.6 Å². The number of carbonyl (C=O) groups excluding carboxylic acids is 1. The van der Waals surface area contributed by atoms with Crippen molar-refractivity contribution in [1.29, 1.82) is 0 Å². The third-order valence-electron chi connectivity index (χ3n) is 8.24. The maximum absolute atomic E-state index is 13.6. The summed E-state index contributed by atoms with van der Waals surface area (Å²) < 4.78 is 35.0. The zero-order valence-electron chi connectivity index (χ0n) is 19.9. The van der Waals surface area contributed by atoms with Gasteiger partial charge in [-0.1, -0.05) is 18.5 Å². The Balaban J connectivity index is 1.28. The number of nitrogens with zero attached hydrogens (tertiary/aromatic N) is 3. The van der Waals surface area contributed by atoms with Gasteiger partial charge in [0.2, 0.25) is 10.0 Å². The van der Waals surface area contributed by atoms with Crippen LogP contribution in [0.5, 0.6) is 0 Å². The van der Waals surface area contributed by atoms with Crippen LogP contribution in [0.25, 0.3) is 0 Å². The Morgan fingerprint density at radius 3 is 2.29 bits per heavy atom. The van der Waals surface area contributed by atoms with E-state index in [4.69, 9.17) is 16.3 Å². The maximum atomic E-state index is 13.6. The number of amides is 1. The first-order valence-corrected chi connectivity index (χ1v) is 14.6. The van der Waals surface area contributed by atoms with Gasteiger partial charge in [0.05, 0.1) is 10.9 Å². The van der Waals surface area contributed by atoms with Crippen molar-refractivity contribution < 1.29 is 17.9 Å². The third kappa shape index (κ3) is 4.84. The Morgan fingerprint density at radius 1 is 0.941 bits per heavy atom. The summed E-state index contributed by atoms with van der Waals surface area (Å²) in [7, 11) is -3.71. The fraction of sp³-hybridized carbons (Fsp3) is 0.720. The Hall–Kier alpha value is -1.35. The molecule has 0 N–H and O–H groups in total. The summed E-state index contributed by atoms with van der Waals surface area (Å²) in [5.41, 5.74) is 0. The minimum absolute atomic E-state index is 0.0550. The molecule has 2 unspecified atom stereocenters. The number of halogens is 1. The molecular weight excluding hydrogens is 474 g/mol. The van der Waals surface area contributed by atoms with E-state index in [0.717, 1.165) is 19.3 Å². The van der Waals surface area contributed by atoms with Gasteiger partial charge in [0.1, 0.15) is 6.10 Å². The number of fused-ring (bicyclic) bond motifs is 2. The standard InChI is InChI=1S/C25H36ClN3O4S/c1-18-16-21-6-9-24(23(17-18)29(21)34(31,32)22-7-4-19(26)5-8-22)33-25(30)28-14-10-20(11-15-28)27-12-2-3-13-27/h4-5,7-8,18,20-21,23-24H,2-3,6,9-17H2,1H3/t18-,21?,23?,24+/m1/s1. The van der Waals surface area contributed by atoms with Gasteiger partial charge in [-0.3, -0.25) is 0 Å². The van der Waals surface area contributed by atoms with Crippen LogP contribution in [0.2, 0.25) is 5.02 Å². The van der Waals surface area contributed by atoms with E-state index in [1.807, 2.05) is 4.90 Å². The zero-order chi connectivity index (χ0) is 23.9. The quantitative estimate of drug-likeness (QED) is 0.603. The Labute approximate surface area is 208 Å². The molecule has 0 aromatic heterocycles. The lowest BCUT2D eigenvalue weighted by Gasteiger charge is -2.50. The molecule has 34 heavy (non-hydrogen) atoms. The molecule has 4 fully saturated rings. The smallest absolute Gasteiger partial charge is 0.410 e. The van der Waals surface area contributed by atoms with E-state index in [1.165, 1.54) is 25.9 Å². The number of likely N-dealkylation sites (tertiary alicyclic amines) is 2. The molecule has 1 amide bonds. The minimum atomic E-state index is -3.71. The van der Waals surface area contributed by atoms with Gasteiger partial charge >= 0.3 is 6.09 Å². The van der Waals surface area contributed by atoms with E-state index < -0.39 is 16.1 Å². The molecule has 7 nitrogen and oxygen atoms in total. The summed E-state index contributed by atoms with van der Waals surface area (Å²) in [6.45, 7) is 5.94. The first kappa shape index (κ1) is 24.3. The average molecular weight is 510 g/mol. The highest BCUT2D eigenvalue weighted by molar-refractivity contribution is 7.89. The van der Waals surface area contributed by atoms with Crippen molar-refractivity contribution in [3.63, 3.8) is 0 Å². The van der Waals surface area contributed by atoms with Crippen LogP contribution in [-0.2, 0) is 14.8 Å². The van der Waals surface area contributed by atoms with Crippen LogP contribution in [-0.4, -0.2) is 79.0 Å². The Bertz CT molecular complexity index is 974. The summed E-state index contributed by atoms with van der Waals surface area (Å²) in [4.78, 5) is 17.7. The van der Waals surface area contributed by atoms with Gasteiger partial charge in [-0.05, 0) is 94.6 Å². The van der Waals surface area contributed by atoms with Crippen molar-refractivity contribution in [2.45, 2.75) is 87.4 Å². The summed E-state index contributed by atoms with van der Waals surface area (Å²) in [5.74, 6) is 0.393. The molecule has 1 aromatic rings. The topological polar surface area (TPSA) is 70.2 Å². The van der Waals surface area contributed by atoms with E-state index in [-0.39, 0.29) is 23.1 Å². The monoisotopic (exact) mass is 509 g/mol. The second-order valence-corrected chi connectivity index (χ2v) is 12.8. The van der Waals surface area contributed by atoms with Gasteiger partial charge in [0, 0.05) is 30.2 Å². The van der Waals surface area contributed by atoms with Crippen molar-refractivity contribution in [3.05, 3.63) is 29.3 Å². The van der Waals surface area contributed by atoms with Gasteiger partial charge in [0.15, 0.2) is 0 Å². The lowest BCUT2D eigenvalue weighted by Crippen LogP contribution is -2.60. The fourth-order valence-electron chi connectivity index (χ4n) is 6.53. The number of carbonyl (C=O) groups is 1. The predicted octanol–water partition coefficient (Wildman–Crippen LogP) is 4.36. The molecule has 4 atom stereocenters. The molecular formula is C25H36ClN3O4S. The largest absolute Gasteiger partial charge is 0.444 e. The summed E-state index contributed by atoms with van der Waals surface area (Å²) in [6.07, 6.45) is 6.80. The van der Waals surface area contributed by atoms with Gasteiger partial charge in [-0.2, -0.15) is 4.31 Å². The summed E-state index contributed by atoms with van der Waals surface area (Å²) in [5, 5.41) is 0.506. The number of rotatable bonds is 4. The first-order chi connectivity index (χ1) is 16.3. The molecule has 4 saturated heterocycles. The number of piperidine rings is 3. The normalized spacial score (nSPS) is 31.5. The van der Waals surface area contributed by atoms with Crippen LogP contribution < -0.4 is 0 Å². The maximum Gasteiger partial charge on any atom is 0.410 e. The number of sulfonamides is 1. The highest BCUT2D eigenvalue weighted by Gasteiger charge is 2.49. The molecule has 2 bridgehead atoms. The van der Waals surface area contributed by atoms with Crippen molar-refractivity contribution >= 4 is 27.7 Å². The Kier molecular flexibility index (Phi) is 7.13. The molecule has 4 heterocycles. The second-order valence-electron chi connectivity index (χ2n) is 10.5. The van der Waals surface area contributed by atoms with E-state index >= 15 is 0 Å². The molecule has 0 spiro atoms. The fourth-order valence-corrected chi connectivity index (χ4v) is 8.54. The first-order valence-electron chi connectivity index (χ1n) is 12.8. The second kappa shape index (κ2) is 9.96. The highest BCUT2D eigenvalue weighted by atomic mass is 35.5. The minimum Gasteiger partial charge on any atom is -0.444 e. The number of ether oxygens (including phenoxy) is 1. The summed E-state index contributed by atoms with van der Waals surface area (Å²) in [6, 6.07) is 6.55. The highest BCUT2D eigenvalue weighted by Crippen LogP contribution is 2.42. The number of benzene rings is 1. The number of hydrogen-bond donors (Lipinski definition) is 0. The average Bonchev–Trinajstić information content (AvgIpc) is 3.36. The van der Waals surface area contributed by atoms with Crippen LogP contribution in [0.15, 0.2) is 29.2 Å². The molecule has 9 heteroatoms. The van der Waals surface area contributed by atoms with E-state index in [0.29, 0.717) is 49.3 Å². The molecule has 0 saturated carbocycles. The summed E-state index contributed by atoms with van der Waals surface area (Å²) >= 11 is 5.99. The van der Waals surface area contributed by atoms with Crippen molar-refractivity contribution in [2.24, 2.45) is 5.92 Å². The van der Waals surface area contributed by atoms with Gasteiger partial charge in [0.25, 0.3) is 0 Å². The SMILES string of the molecule is C[C@@H]1CC2CC[C@H](OC(=O)N3CCC(N4CCCC4)CC3)C(C1)N2S(=O)(=O)c1ccc(Cl)cc1. The Morgan fingerprint density at radius 2 is 1.62 bits per heavy atom. The van der Waals surface area contributed by atoms with Gasteiger partial charge in [-0.15, -0.1) is 0 Å². The molecule has 4 aliphatic rings. The van der Waals surface area contributed by atoms with E-state index in [2.05, 4.69) is 11.8 Å². The molecule has 1 aromatic carbocycles. The molecule has 0 radical (unpaired) electrons. The molecule has 188 valence electrons. The predicted molar refractivity (Wildman–Crippen MR) is 131 cm³/mol. The number of hydrogen-bond acceptors (Lipinski definition) is 5. The van der Waals surface area contributed by atoms with Crippen LogP contribution in [0.1, 0.15) is 58.3 Å². The molecule has 0 aliphatic carbocycles. The van der Waals surface area contributed by atoms with Crippen LogP contribution in [0, 0.1) is 5.92 Å². The van der Waals surface area contributed by atoms with Crippen LogP contribution in [0.4, 0.5) is 4.79 Å².